The third-order valence-corrected chi connectivity index (χ3v) is 4.85. The Morgan fingerprint density at radius 1 is 1.54 bits per heavy atom. The zero-order valence-electron chi connectivity index (χ0n) is 6.80. The van der Waals surface area contributed by atoms with Crippen molar-refractivity contribution < 1.29 is 4.74 Å². The molecule has 0 radical (unpaired) electrons. The van der Waals surface area contributed by atoms with Gasteiger partial charge in [0.2, 0.25) is 0 Å². The van der Waals surface area contributed by atoms with E-state index in [1.807, 2.05) is 11.4 Å². The fourth-order valence-corrected chi connectivity index (χ4v) is 3.13. The van der Waals surface area contributed by atoms with Gasteiger partial charge in [0, 0.05) is 15.0 Å². The highest BCUT2D eigenvalue weighted by Crippen LogP contribution is 2.37. The summed E-state index contributed by atoms with van der Waals surface area (Å²) in [5, 5.41) is 3.94. The van der Waals surface area contributed by atoms with Crippen LogP contribution in [-0.4, -0.2) is 7.11 Å². The lowest BCUT2D eigenvalue weighted by Gasteiger charge is -2.04. The van der Waals surface area contributed by atoms with Gasteiger partial charge in [0.15, 0.2) is 0 Å². The summed E-state index contributed by atoms with van der Waals surface area (Å²) in [5.74, 6) is 0.849. The van der Waals surface area contributed by atoms with Gasteiger partial charge in [-0.15, -0.1) is 11.3 Å². The predicted molar refractivity (Wildman–Crippen MR) is 66.1 cm³/mol. The van der Waals surface area contributed by atoms with Crippen LogP contribution in [0.1, 0.15) is 0 Å². The Morgan fingerprint density at radius 2 is 2.31 bits per heavy atom. The Bertz CT molecular complexity index is 452. The Kier molecular flexibility index (Phi) is 2.67. The molecule has 0 atom stereocenters. The van der Waals surface area contributed by atoms with Crippen molar-refractivity contribution in [3.8, 4) is 5.75 Å². The van der Waals surface area contributed by atoms with Crippen LogP contribution in [0.3, 0.4) is 0 Å². The van der Waals surface area contributed by atoms with Gasteiger partial charge in [-0.2, -0.15) is 0 Å². The molecular formula is C9H6ClIOS. The predicted octanol–water partition coefficient (Wildman–Crippen LogP) is 4.17. The second-order valence-electron chi connectivity index (χ2n) is 2.54. The van der Waals surface area contributed by atoms with Crippen LogP contribution in [0.4, 0.5) is 0 Å². The third kappa shape index (κ3) is 1.53. The van der Waals surface area contributed by atoms with E-state index in [2.05, 4.69) is 28.7 Å². The minimum Gasteiger partial charge on any atom is -0.496 e. The molecule has 68 valence electrons. The van der Waals surface area contributed by atoms with E-state index in [1.165, 1.54) is 4.70 Å². The average molecular weight is 325 g/mol. The van der Waals surface area contributed by atoms with Crippen LogP contribution in [0.15, 0.2) is 17.5 Å². The van der Waals surface area contributed by atoms with Crippen LogP contribution in [0.5, 0.6) is 5.75 Å². The highest BCUT2D eigenvalue weighted by Gasteiger charge is 2.09. The highest BCUT2D eigenvalue weighted by atomic mass is 127. The van der Waals surface area contributed by atoms with E-state index in [4.69, 9.17) is 16.3 Å². The molecule has 0 fully saturated rings. The molecule has 0 bridgehead atoms. The number of hydrogen-bond donors (Lipinski definition) is 0. The molecule has 4 heteroatoms. The summed E-state index contributed by atoms with van der Waals surface area (Å²) in [6.45, 7) is 0. The lowest BCUT2D eigenvalue weighted by Crippen LogP contribution is -1.85. The smallest absolute Gasteiger partial charge is 0.129 e. The van der Waals surface area contributed by atoms with Crippen molar-refractivity contribution in [2.75, 3.05) is 7.11 Å². The summed E-state index contributed by atoms with van der Waals surface area (Å²) in [7, 11) is 1.66. The van der Waals surface area contributed by atoms with Gasteiger partial charge in [0.25, 0.3) is 0 Å². The van der Waals surface area contributed by atoms with Gasteiger partial charge in [-0.05, 0) is 34.0 Å². The molecule has 0 aliphatic carbocycles. The molecule has 0 amide bonds. The van der Waals surface area contributed by atoms with E-state index >= 15 is 0 Å². The van der Waals surface area contributed by atoms with E-state index < -0.39 is 0 Å². The molecule has 0 saturated heterocycles. The van der Waals surface area contributed by atoms with E-state index in [-0.39, 0.29) is 0 Å². The van der Waals surface area contributed by atoms with Crippen LogP contribution in [0.25, 0.3) is 10.1 Å². The highest BCUT2D eigenvalue weighted by molar-refractivity contribution is 14.1. The summed E-state index contributed by atoms with van der Waals surface area (Å²) in [5.41, 5.74) is 0. The lowest BCUT2D eigenvalue weighted by molar-refractivity contribution is 0.420. The zero-order chi connectivity index (χ0) is 9.42. The quantitative estimate of drug-likeness (QED) is 0.716. The summed E-state index contributed by atoms with van der Waals surface area (Å²) >= 11 is 9.99. The molecule has 2 aromatic rings. The topological polar surface area (TPSA) is 9.23 Å². The van der Waals surface area contributed by atoms with Crippen LogP contribution in [0, 0.1) is 3.57 Å². The fraction of sp³-hybridized carbons (Fsp3) is 0.111. The van der Waals surface area contributed by atoms with Gasteiger partial charge in [-0.25, -0.2) is 0 Å². The molecule has 1 nitrogen and oxygen atoms in total. The maximum atomic E-state index is 6.05. The maximum Gasteiger partial charge on any atom is 0.129 e. The molecule has 0 spiro atoms. The van der Waals surface area contributed by atoms with Crippen molar-refractivity contribution in [1.82, 2.24) is 0 Å². The molecule has 0 aliphatic rings. The number of hydrogen-bond acceptors (Lipinski definition) is 2. The Balaban J connectivity index is 2.87. The van der Waals surface area contributed by atoms with E-state index in [0.717, 1.165) is 19.7 Å². The molecule has 0 unspecified atom stereocenters. The first-order valence-electron chi connectivity index (χ1n) is 3.63. The standard InChI is InChI=1S/C9H6ClIOS/c1-12-7-4-6(10)8(11)9-5(7)2-3-13-9/h2-4H,1H3. The summed E-state index contributed by atoms with van der Waals surface area (Å²) < 4.78 is 7.54. The van der Waals surface area contributed by atoms with E-state index in [9.17, 15) is 0 Å². The van der Waals surface area contributed by atoms with Crippen molar-refractivity contribution in [3.05, 3.63) is 26.1 Å². The maximum absolute atomic E-state index is 6.05. The summed E-state index contributed by atoms with van der Waals surface area (Å²) in [6, 6.07) is 3.91. The van der Waals surface area contributed by atoms with Gasteiger partial charge >= 0.3 is 0 Å². The number of methoxy groups -OCH3 is 1. The molecule has 1 aromatic carbocycles. The van der Waals surface area contributed by atoms with Crippen LogP contribution < -0.4 is 4.74 Å². The van der Waals surface area contributed by atoms with Crippen molar-refractivity contribution >= 4 is 55.6 Å². The summed E-state index contributed by atoms with van der Waals surface area (Å²) in [6.07, 6.45) is 0. The Morgan fingerprint density at radius 3 is 3.00 bits per heavy atom. The van der Waals surface area contributed by atoms with Crippen molar-refractivity contribution in [1.29, 1.82) is 0 Å². The first-order chi connectivity index (χ1) is 6.24. The van der Waals surface area contributed by atoms with Gasteiger partial charge in [-0.1, -0.05) is 11.6 Å². The molecule has 0 aliphatic heterocycles. The minimum atomic E-state index is 0.757. The van der Waals surface area contributed by atoms with Crippen molar-refractivity contribution in [2.24, 2.45) is 0 Å². The zero-order valence-corrected chi connectivity index (χ0v) is 10.5. The third-order valence-electron chi connectivity index (χ3n) is 1.82. The number of ether oxygens (including phenoxy) is 1. The largest absolute Gasteiger partial charge is 0.496 e. The Labute approximate surface area is 98.8 Å². The molecule has 13 heavy (non-hydrogen) atoms. The van der Waals surface area contributed by atoms with Crippen LogP contribution in [0.2, 0.25) is 5.02 Å². The van der Waals surface area contributed by atoms with Gasteiger partial charge in [-0.3, -0.25) is 0 Å². The normalized spacial score (nSPS) is 10.7. The van der Waals surface area contributed by atoms with Crippen molar-refractivity contribution in [2.45, 2.75) is 0 Å². The minimum absolute atomic E-state index is 0.757. The molecule has 0 saturated carbocycles. The Hall–Kier alpha value is -0.000000000000000111. The number of fused-ring (bicyclic) bond motifs is 1. The SMILES string of the molecule is COc1cc(Cl)c(I)c2sccc12. The molecule has 0 N–H and O–H groups in total. The number of benzene rings is 1. The second-order valence-corrected chi connectivity index (χ2v) is 4.94. The summed E-state index contributed by atoms with van der Waals surface area (Å²) in [4.78, 5) is 0. The number of thiophene rings is 1. The monoisotopic (exact) mass is 324 g/mol. The first kappa shape index (κ1) is 9.55. The molecule has 1 heterocycles. The van der Waals surface area contributed by atoms with Gasteiger partial charge in [0.1, 0.15) is 5.75 Å². The van der Waals surface area contributed by atoms with Crippen molar-refractivity contribution in [3.63, 3.8) is 0 Å². The second kappa shape index (κ2) is 3.63. The average Bonchev–Trinajstić information content (AvgIpc) is 2.60. The lowest BCUT2D eigenvalue weighted by atomic mass is 10.2. The van der Waals surface area contributed by atoms with Crippen LogP contribution in [-0.2, 0) is 0 Å². The van der Waals surface area contributed by atoms with Gasteiger partial charge in [0.05, 0.1) is 16.8 Å². The number of rotatable bonds is 1. The molecular weight excluding hydrogens is 319 g/mol. The molecule has 2 rings (SSSR count). The van der Waals surface area contributed by atoms with E-state index in [0.29, 0.717) is 0 Å². The van der Waals surface area contributed by atoms with Gasteiger partial charge < -0.3 is 4.74 Å². The number of halogens is 2. The molecule has 1 aromatic heterocycles. The fourth-order valence-electron chi connectivity index (χ4n) is 1.21. The first-order valence-corrected chi connectivity index (χ1v) is 5.97. The van der Waals surface area contributed by atoms with Crippen LogP contribution >= 0.6 is 45.5 Å². The van der Waals surface area contributed by atoms with E-state index in [1.54, 1.807) is 18.4 Å².